The number of hydrogen-bond donors (Lipinski definition) is 1. The van der Waals surface area contributed by atoms with Crippen LogP contribution in [0.15, 0.2) is 0 Å². The average molecular weight is 231 g/mol. The number of thioether (sulfide) groups is 1. The molecule has 2 saturated heterocycles. The van der Waals surface area contributed by atoms with Crippen LogP contribution in [0.5, 0.6) is 0 Å². The van der Waals surface area contributed by atoms with E-state index in [4.69, 9.17) is 15.2 Å². The molecule has 2 heterocycles. The molecule has 2 N–H and O–H groups in total. The predicted molar refractivity (Wildman–Crippen MR) is 63.3 cm³/mol. The minimum Gasteiger partial charge on any atom is -0.381 e. The molecule has 2 rings (SSSR count). The molecule has 0 radical (unpaired) electrons. The molecule has 0 aromatic rings. The second-order valence-electron chi connectivity index (χ2n) is 4.42. The minimum atomic E-state index is 0.142. The van der Waals surface area contributed by atoms with Crippen LogP contribution in [0.3, 0.4) is 0 Å². The minimum absolute atomic E-state index is 0.142. The summed E-state index contributed by atoms with van der Waals surface area (Å²) in [6, 6.07) is 0. The molecule has 1 spiro atoms. The first-order chi connectivity index (χ1) is 7.35. The lowest BCUT2D eigenvalue weighted by Crippen LogP contribution is -2.45. The Morgan fingerprint density at radius 3 is 2.80 bits per heavy atom. The fraction of sp³-hybridized carbons (Fsp3) is 1.00. The second kappa shape index (κ2) is 5.53. The van der Waals surface area contributed by atoms with E-state index in [2.05, 4.69) is 0 Å². The van der Waals surface area contributed by atoms with Crippen LogP contribution in [-0.2, 0) is 9.47 Å². The fourth-order valence-electron chi connectivity index (χ4n) is 2.45. The highest BCUT2D eigenvalue weighted by Crippen LogP contribution is 2.38. The molecule has 2 aliphatic rings. The molecule has 15 heavy (non-hydrogen) atoms. The van der Waals surface area contributed by atoms with Crippen molar-refractivity contribution in [3.63, 3.8) is 0 Å². The highest BCUT2D eigenvalue weighted by Gasteiger charge is 2.38. The Morgan fingerprint density at radius 2 is 2.07 bits per heavy atom. The lowest BCUT2D eigenvalue weighted by Gasteiger charge is -2.43. The largest absolute Gasteiger partial charge is 0.381 e. The third-order valence-electron chi connectivity index (χ3n) is 3.32. The fourth-order valence-corrected chi connectivity index (χ4v) is 3.61. The van der Waals surface area contributed by atoms with E-state index in [1.54, 1.807) is 0 Å². The van der Waals surface area contributed by atoms with Crippen molar-refractivity contribution >= 4 is 11.8 Å². The van der Waals surface area contributed by atoms with Crippen molar-refractivity contribution in [3.05, 3.63) is 0 Å². The molecular formula is C11H21NO2S. The van der Waals surface area contributed by atoms with E-state index in [1.807, 2.05) is 11.8 Å². The molecule has 0 aromatic carbocycles. The zero-order chi connectivity index (χ0) is 10.6. The first-order valence-corrected chi connectivity index (χ1v) is 6.93. The summed E-state index contributed by atoms with van der Waals surface area (Å²) in [5.41, 5.74) is 5.69. The van der Waals surface area contributed by atoms with Gasteiger partial charge in [0, 0.05) is 37.4 Å². The van der Waals surface area contributed by atoms with Gasteiger partial charge in [-0.1, -0.05) is 0 Å². The van der Waals surface area contributed by atoms with E-state index >= 15 is 0 Å². The lowest BCUT2D eigenvalue weighted by atomic mass is 9.86. The Balaban J connectivity index is 1.85. The van der Waals surface area contributed by atoms with E-state index in [1.165, 1.54) is 12.8 Å². The lowest BCUT2D eigenvalue weighted by molar-refractivity contribution is -0.131. The van der Waals surface area contributed by atoms with E-state index in [-0.39, 0.29) is 5.60 Å². The van der Waals surface area contributed by atoms with E-state index in [0.29, 0.717) is 0 Å². The maximum absolute atomic E-state index is 5.99. The van der Waals surface area contributed by atoms with Gasteiger partial charge in [0.15, 0.2) is 0 Å². The molecule has 0 amide bonds. The van der Waals surface area contributed by atoms with E-state index in [9.17, 15) is 0 Å². The second-order valence-corrected chi connectivity index (χ2v) is 5.83. The molecule has 0 saturated carbocycles. The van der Waals surface area contributed by atoms with E-state index in [0.717, 1.165) is 50.2 Å². The monoisotopic (exact) mass is 231 g/mol. The standard InChI is InChI=1S/C11H21NO2S/c12-4-8-15-10-1-5-14-11(9-10)2-6-13-7-3-11/h10H,1-9,12H2. The van der Waals surface area contributed by atoms with Crippen molar-refractivity contribution < 1.29 is 9.47 Å². The number of nitrogens with two attached hydrogens (primary N) is 1. The van der Waals surface area contributed by atoms with Crippen LogP contribution in [0.4, 0.5) is 0 Å². The van der Waals surface area contributed by atoms with Crippen molar-refractivity contribution in [2.24, 2.45) is 5.73 Å². The Morgan fingerprint density at radius 1 is 1.27 bits per heavy atom. The first-order valence-electron chi connectivity index (χ1n) is 5.88. The van der Waals surface area contributed by atoms with Gasteiger partial charge in [-0.2, -0.15) is 11.8 Å². The van der Waals surface area contributed by atoms with E-state index < -0.39 is 0 Å². The van der Waals surface area contributed by atoms with Gasteiger partial charge in [-0.05, 0) is 25.7 Å². The topological polar surface area (TPSA) is 44.5 Å². The third-order valence-corrected chi connectivity index (χ3v) is 4.67. The van der Waals surface area contributed by atoms with Gasteiger partial charge in [0.2, 0.25) is 0 Å². The zero-order valence-corrected chi connectivity index (χ0v) is 10.1. The van der Waals surface area contributed by atoms with Crippen molar-refractivity contribution in [3.8, 4) is 0 Å². The Hall–Kier alpha value is 0.230. The molecule has 88 valence electrons. The molecule has 4 heteroatoms. The zero-order valence-electron chi connectivity index (χ0n) is 9.24. The summed E-state index contributed by atoms with van der Waals surface area (Å²) in [6.45, 7) is 3.45. The van der Waals surface area contributed by atoms with Gasteiger partial charge in [-0.25, -0.2) is 0 Å². The smallest absolute Gasteiger partial charge is 0.0736 e. The molecular weight excluding hydrogens is 210 g/mol. The van der Waals surface area contributed by atoms with Crippen LogP contribution in [0.25, 0.3) is 0 Å². The van der Waals surface area contributed by atoms with Crippen molar-refractivity contribution in [2.45, 2.75) is 36.5 Å². The Kier molecular flexibility index (Phi) is 4.31. The van der Waals surface area contributed by atoms with Crippen LogP contribution in [0.2, 0.25) is 0 Å². The SMILES string of the molecule is NCCSC1CCOC2(CCOCC2)C1. The van der Waals surface area contributed by atoms with Crippen LogP contribution in [0.1, 0.15) is 25.7 Å². The summed E-state index contributed by atoms with van der Waals surface area (Å²) < 4.78 is 11.4. The molecule has 1 unspecified atom stereocenters. The molecule has 2 aliphatic heterocycles. The van der Waals surface area contributed by atoms with Gasteiger partial charge in [0.05, 0.1) is 5.60 Å². The molecule has 2 fully saturated rings. The van der Waals surface area contributed by atoms with Crippen LogP contribution >= 0.6 is 11.8 Å². The molecule has 0 aromatic heterocycles. The summed E-state index contributed by atoms with van der Waals surface area (Å²) in [7, 11) is 0. The number of ether oxygens (including phenoxy) is 2. The van der Waals surface area contributed by atoms with Crippen LogP contribution < -0.4 is 5.73 Å². The van der Waals surface area contributed by atoms with Gasteiger partial charge >= 0.3 is 0 Å². The van der Waals surface area contributed by atoms with Gasteiger partial charge in [-0.15, -0.1) is 0 Å². The molecule has 0 aliphatic carbocycles. The summed E-state index contributed by atoms with van der Waals surface area (Å²) in [6.07, 6.45) is 4.54. The summed E-state index contributed by atoms with van der Waals surface area (Å²) in [5.74, 6) is 1.08. The van der Waals surface area contributed by atoms with Crippen LogP contribution in [0, 0.1) is 0 Å². The maximum Gasteiger partial charge on any atom is 0.0736 e. The van der Waals surface area contributed by atoms with Crippen molar-refractivity contribution in [1.82, 2.24) is 0 Å². The Bertz CT molecular complexity index is 190. The maximum atomic E-state index is 5.99. The van der Waals surface area contributed by atoms with Gasteiger partial charge in [-0.3, -0.25) is 0 Å². The highest BCUT2D eigenvalue weighted by molar-refractivity contribution is 7.99. The average Bonchev–Trinajstić information content (AvgIpc) is 2.28. The van der Waals surface area contributed by atoms with Gasteiger partial charge in [0.25, 0.3) is 0 Å². The summed E-state index contributed by atoms with van der Waals surface area (Å²) >= 11 is 2.02. The summed E-state index contributed by atoms with van der Waals surface area (Å²) in [4.78, 5) is 0. The Labute approximate surface area is 96.1 Å². The normalized spacial score (nSPS) is 30.6. The number of hydrogen-bond acceptors (Lipinski definition) is 4. The number of rotatable bonds is 3. The van der Waals surface area contributed by atoms with Crippen LogP contribution in [-0.4, -0.2) is 43.0 Å². The predicted octanol–water partition coefficient (Wildman–Crippen LogP) is 1.41. The van der Waals surface area contributed by atoms with Crippen molar-refractivity contribution in [1.29, 1.82) is 0 Å². The quantitative estimate of drug-likeness (QED) is 0.797. The van der Waals surface area contributed by atoms with Crippen molar-refractivity contribution in [2.75, 3.05) is 32.1 Å². The first kappa shape index (κ1) is 11.7. The molecule has 1 atom stereocenters. The highest BCUT2D eigenvalue weighted by atomic mass is 32.2. The van der Waals surface area contributed by atoms with Gasteiger partial charge < -0.3 is 15.2 Å². The van der Waals surface area contributed by atoms with Gasteiger partial charge in [0.1, 0.15) is 0 Å². The summed E-state index contributed by atoms with van der Waals surface area (Å²) in [5, 5.41) is 0.750. The molecule has 0 bridgehead atoms. The third kappa shape index (κ3) is 3.09. The molecule has 3 nitrogen and oxygen atoms in total.